The second kappa shape index (κ2) is 4.72. The van der Waals surface area contributed by atoms with Gasteiger partial charge in [0.1, 0.15) is 11.6 Å². The lowest BCUT2D eigenvalue weighted by Crippen LogP contribution is -2.02. The van der Waals surface area contributed by atoms with Gasteiger partial charge in [-0.25, -0.2) is 0 Å². The fourth-order valence-corrected chi connectivity index (χ4v) is 1.76. The number of benzene rings is 1. The predicted molar refractivity (Wildman–Crippen MR) is 56.9 cm³/mol. The van der Waals surface area contributed by atoms with Crippen LogP contribution in [0.1, 0.15) is 11.1 Å². The van der Waals surface area contributed by atoms with Crippen LogP contribution in [0.5, 0.6) is 0 Å². The first-order valence-corrected chi connectivity index (χ1v) is 4.83. The smallest absolute Gasteiger partial charge is 0.307 e. The van der Waals surface area contributed by atoms with E-state index in [1.165, 1.54) is 6.07 Å². The first-order valence-electron chi connectivity index (χ1n) is 4.04. The van der Waals surface area contributed by atoms with Crippen LogP contribution in [-0.4, -0.2) is 16.0 Å². The van der Waals surface area contributed by atoms with Gasteiger partial charge in [0, 0.05) is 10.5 Å². The molecule has 1 aromatic rings. The van der Waals surface area contributed by atoms with Gasteiger partial charge in [-0.05, 0) is 27.6 Å². The zero-order chi connectivity index (χ0) is 12.3. The summed E-state index contributed by atoms with van der Waals surface area (Å²) in [6.45, 7) is 0. The van der Waals surface area contributed by atoms with Crippen molar-refractivity contribution in [2.45, 2.75) is 6.42 Å². The molecule has 16 heavy (non-hydrogen) atoms. The molecule has 0 aromatic heterocycles. The molecule has 0 aliphatic heterocycles. The summed E-state index contributed by atoms with van der Waals surface area (Å²) >= 11 is 3.00. The van der Waals surface area contributed by atoms with Crippen molar-refractivity contribution in [3.05, 3.63) is 37.8 Å². The van der Waals surface area contributed by atoms with Crippen LogP contribution in [0.4, 0.5) is 5.69 Å². The maximum absolute atomic E-state index is 10.7. The summed E-state index contributed by atoms with van der Waals surface area (Å²) in [6.07, 6.45) is -0.328. The van der Waals surface area contributed by atoms with Crippen LogP contribution < -0.4 is 0 Å². The molecule has 0 saturated carbocycles. The summed E-state index contributed by atoms with van der Waals surface area (Å²) < 4.78 is 0.223. The van der Waals surface area contributed by atoms with Crippen LogP contribution in [0, 0.1) is 21.4 Å². The van der Waals surface area contributed by atoms with Crippen molar-refractivity contribution < 1.29 is 14.8 Å². The van der Waals surface area contributed by atoms with Crippen LogP contribution >= 0.6 is 15.9 Å². The molecule has 0 fully saturated rings. The second-order valence-corrected chi connectivity index (χ2v) is 3.77. The summed E-state index contributed by atoms with van der Waals surface area (Å²) in [7, 11) is 0. The Kier molecular flexibility index (Phi) is 3.58. The molecule has 0 unspecified atom stereocenters. The van der Waals surface area contributed by atoms with E-state index in [0.29, 0.717) is 0 Å². The standard InChI is InChI=1S/C9H5BrN2O4/c10-7-1-5(3-9(13)14)2-8(12(15)16)6(7)4-11/h1-2H,3H2,(H,13,14). The van der Waals surface area contributed by atoms with Crippen LogP contribution in [0.2, 0.25) is 0 Å². The number of hydrogen-bond acceptors (Lipinski definition) is 4. The molecule has 6 nitrogen and oxygen atoms in total. The third-order valence-corrected chi connectivity index (χ3v) is 2.42. The third-order valence-electron chi connectivity index (χ3n) is 1.79. The third kappa shape index (κ3) is 2.55. The van der Waals surface area contributed by atoms with E-state index in [9.17, 15) is 14.9 Å². The summed E-state index contributed by atoms with van der Waals surface area (Å²) in [6, 6.07) is 4.17. The van der Waals surface area contributed by atoms with E-state index in [1.807, 2.05) is 0 Å². The van der Waals surface area contributed by atoms with Gasteiger partial charge in [0.25, 0.3) is 5.69 Å². The van der Waals surface area contributed by atoms with Crippen LogP contribution in [0.15, 0.2) is 16.6 Å². The minimum absolute atomic E-state index is 0.112. The van der Waals surface area contributed by atoms with E-state index >= 15 is 0 Å². The number of nitrogens with zero attached hydrogens (tertiary/aromatic N) is 2. The Labute approximate surface area is 98.4 Å². The van der Waals surface area contributed by atoms with E-state index in [4.69, 9.17) is 10.4 Å². The van der Waals surface area contributed by atoms with Gasteiger partial charge in [0.2, 0.25) is 0 Å². The molecule has 0 aliphatic rings. The topological polar surface area (TPSA) is 104 Å². The van der Waals surface area contributed by atoms with E-state index < -0.39 is 16.6 Å². The van der Waals surface area contributed by atoms with Gasteiger partial charge in [-0.2, -0.15) is 5.26 Å². The molecule has 0 heterocycles. The van der Waals surface area contributed by atoms with Crippen molar-refractivity contribution in [3.63, 3.8) is 0 Å². The van der Waals surface area contributed by atoms with Crippen molar-refractivity contribution in [2.75, 3.05) is 0 Å². The van der Waals surface area contributed by atoms with Gasteiger partial charge < -0.3 is 5.11 Å². The Morgan fingerprint density at radius 3 is 2.69 bits per heavy atom. The van der Waals surface area contributed by atoms with E-state index in [-0.39, 0.29) is 22.0 Å². The molecular weight excluding hydrogens is 280 g/mol. The Balaban J connectivity index is 3.35. The highest BCUT2D eigenvalue weighted by molar-refractivity contribution is 9.10. The average Bonchev–Trinajstić information content (AvgIpc) is 2.15. The summed E-state index contributed by atoms with van der Waals surface area (Å²) in [4.78, 5) is 20.4. The molecule has 0 radical (unpaired) electrons. The Morgan fingerprint density at radius 2 is 2.25 bits per heavy atom. The first-order chi connectivity index (χ1) is 7.45. The van der Waals surface area contributed by atoms with E-state index in [1.54, 1.807) is 6.07 Å². The normalized spacial score (nSPS) is 9.50. The molecule has 1 rings (SSSR count). The quantitative estimate of drug-likeness (QED) is 0.674. The minimum Gasteiger partial charge on any atom is -0.481 e. The number of carbonyl (C=O) groups is 1. The highest BCUT2D eigenvalue weighted by Gasteiger charge is 2.19. The lowest BCUT2D eigenvalue weighted by atomic mass is 10.1. The number of halogens is 1. The Morgan fingerprint density at radius 1 is 1.62 bits per heavy atom. The molecule has 7 heteroatoms. The molecule has 0 amide bonds. The van der Waals surface area contributed by atoms with Gasteiger partial charge in [-0.1, -0.05) is 0 Å². The molecule has 0 bridgehead atoms. The number of nitriles is 1. The van der Waals surface area contributed by atoms with Crippen LogP contribution in [0.25, 0.3) is 0 Å². The highest BCUT2D eigenvalue weighted by atomic mass is 79.9. The van der Waals surface area contributed by atoms with Crippen molar-refractivity contribution in [3.8, 4) is 6.07 Å². The number of carboxylic acid groups (broad SMARTS) is 1. The zero-order valence-corrected chi connectivity index (χ0v) is 9.39. The summed E-state index contributed by atoms with van der Waals surface area (Å²) in [5.74, 6) is -1.09. The number of aliphatic carboxylic acids is 1. The average molecular weight is 285 g/mol. The van der Waals surface area contributed by atoms with Gasteiger partial charge in [-0.3, -0.25) is 14.9 Å². The van der Waals surface area contributed by atoms with Gasteiger partial charge in [-0.15, -0.1) is 0 Å². The number of nitro benzene ring substituents is 1. The van der Waals surface area contributed by atoms with E-state index in [2.05, 4.69) is 15.9 Å². The fraction of sp³-hybridized carbons (Fsp3) is 0.111. The number of hydrogen-bond donors (Lipinski definition) is 1. The number of nitro groups is 1. The summed E-state index contributed by atoms with van der Waals surface area (Å²) in [5, 5.41) is 27.9. The van der Waals surface area contributed by atoms with E-state index in [0.717, 1.165) is 6.07 Å². The van der Waals surface area contributed by atoms with Crippen molar-refractivity contribution in [1.82, 2.24) is 0 Å². The SMILES string of the molecule is N#Cc1c(Br)cc(CC(=O)O)cc1[N+](=O)[O-]. The molecule has 1 N–H and O–H groups in total. The molecule has 1 aromatic carbocycles. The largest absolute Gasteiger partial charge is 0.481 e. The molecule has 82 valence electrons. The van der Waals surface area contributed by atoms with Gasteiger partial charge in [0.15, 0.2) is 0 Å². The molecule has 0 saturated heterocycles. The Bertz CT molecular complexity index is 507. The molecular formula is C9H5BrN2O4. The second-order valence-electron chi connectivity index (χ2n) is 2.91. The molecule has 0 spiro atoms. The monoisotopic (exact) mass is 284 g/mol. The maximum atomic E-state index is 10.7. The van der Waals surface area contributed by atoms with Crippen LogP contribution in [0.3, 0.4) is 0 Å². The number of rotatable bonds is 3. The number of carboxylic acids is 1. The fourth-order valence-electron chi connectivity index (χ4n) is 1.18. The van der Waals surface area contributed by atoms with Gasteiger partial charge in [0.05, 0.1) is 11.3 Å². The minimum atomic E-state index is -1.09. The lowest BCUT2D eigenvalue weighted by molar-refractivity contribution is -0.385. The van der Waals surface area contributed by atoms with Crippen molar-refractivity contribution >= 4 is 27.6 Å². The summed E-state index contributed by atoms with van der Waals surface area (Å²) in [5.41, 5.74) is -0.239. The lowest BCUT2D eigenvalue weighted by Gasteiger charge is -2.01. The van der Waals surface area contributed by atoms with Crippen LogP contribution in [-0.2, 0) is 11.2 Å². The van der Waals surface area contributed by atoms with Crippen molar-refractivity contribution in [1.29, 1.82) is 5.26 Å². The maximum Gasteiger partial charge on any atom is 0.307 e. The van der Waals surface area contributed by atoms with Crippen molar-refractivity contribution in [2.24, 2.45) is 0 Å². The predicted octanol–water partition coefficient (Wildman–Crippen LogP) is 1.86. The Hall–Kier alpha value is -1.94. The zero-order valence-electron chi connectivity index (χ0n) is 7.81. The van der Waals surface area contributed by atoms with Gasteiger partial charge >= 0.3 is 5.97 Å². The molecule has 0 aliphatic carbocycles. The highest BCUT2D eigenvalue weighted by Crippen LogP contribution is 2.28. The first kappa shape index (κ1) is 12.1. The molecule has 0 atom stereocenters.